The molecule has 1 saturated heterocycles. The van der Waals surface area contributed by atoms with Crippen LogP contribution >= 0.6 is 0 Å². The fourth-order valence-corrected chi connectivity index (χ4v) is 3.24. The zero-order valence-electron chi connectivity index (χ0n) is 15.2. The minimum absolute atomic E-state index is 0.0643. The van der Waals surface area contributed by atoms with Gasteiger partial charge in [0.2, 0.25) is 5.91 Å². The molecule has 134 valence electrons. The Labute approximate surface area is 149 Å². The highest BCUT2D eigenvalue weighted by Gasteiger charge is 2.14. The monoisotopic (exact) mass is 341 g/mol. The van der Waals surface area contributed by atoms with Crippen molar-refractivity contribution >= 4 is 17.4 Å². The second-order valence-electron chi connectivity index (χ2n) is 6.73. The van der Waals surface area contributed by atoms with Crippen molar-refractivity contribution in [1.82, 2.24) is 15.1 Å². The number of hydrogen-bond donors (Lipinski definition) is 2. The second kappa shape index (κ2) is 7.70. The van der Waals surface area contributed by atoms with E-state index in [4.69, 9.17) is 0 Å². The maximum Gasteiger partial charge on any atom is 0.239 e. The second-order valence-corrected chi connectivity index (χ2v) is 6.73. The van der Waals surface area contributed by atoms with Crippen LogP contribution in [0.3, 0.4) is 0 Å². The van der Waals surface area contributed by atoms with E-state index < -0.39 is 0 Å². The average Bonchev–Trinajstić information content (AvgIpc) is 3.23. The molecule has 6 nitrogen and oxygen atoms in total. The number of amides is 1. The lowest BCUT2D eigenvalue weighted by atomic mass is 10.1. The normalized spacial score (nSPS) is 15.4. The van der Waals surface area contributed by atoms with Gasteiger partial charge in [-0.25, -0.2) is 0 Å². The number of benzene rings is 1. The van der Waals surface area contributed by atoms with Crippen LogP contribution in [-0.4, -0.2) is 35.3 Å². The largest absolute Gasteiger partial charge is 0.372 e. The summed E-state index contributed by atoms with van der Waals surface area (Å²) in [5.41, 5.74) is 3.37. The molecular weight excluding hydrogens is 314 g/mol. The van der Waals surface area contributed by atoms with E-state index in [0.717, 1.165) is 18.8 Å². The number of carbonyl (C=O) groups excluding carboxylic acids is 1. The Morgan fingerprint density at radius 2 is 2.04 bits per heavy atom. The van der Waals surface area contributed by atoms with E-state index in [1.165, 1.54) is 24.1 Å². The number of aromatic nitrogens is 2. The van der Waals surface area contributed by atoms with Crippen molar-refractivity contribution in [3.05, 3.63) is 41.6 Å². The highest BCUT2D eigenvalue weighted by atomic mass is 16.2. The molecule has 0 spiro atoms. The number of carbonyl (C=O) groups is 1. The smallest absolute Gasteiger partial charge is 0.239 e. The van der Waals surface area contributed by atoms with Gasteiger partial charge in [-0.1, -0.05) is 12.1 Å². The summed E-state index contributed by atoms with van der Waals surface area (Å²) in [7, 11) is 1.82. The molecule has 0 radical (unpaired) electrons. The molecule has 1 aromatic carbocycles. The first kappa shape index (κ1) is 17.5. The minimum atomic E-state index is -0.0643. The summed E-state index contributed by atoms with van der Waals surface area (Å²) in [5.74, 6) is 0.651. The van der Waals surface area contributed by atoms with Crippen LogP contribution in [0.15, 0.2) is 30.3 Å². The molecule has 6 heteroatoms. The van der Waals surface area contributed by atoms with E-state index >= 15 is 0 Å². The van der Waals surface area contributed by atoms with Crippen LogP contribution in [0, 0.1) is 6.92 Å². The van der Waals surface area contributed by atoms with Crippen LogP contribution in [0.1, 0.15) is 37.1 Å². The number of anilines is 2. The number of nitrogens with zero attached hydrogens (tertiary/aromatic N) is 3. The summed E-state index contributed by atoms with van der Waals surface area (Å²) < 4.78 is 1.68. The van der Waals surface area contributed by atoms with Gasteiger partial charge in [0.05, 0.1) is 12.2 Å². The third-order valence-electron chi connectivity index (χ3n) is 4.68. The van der Waals surface area contributed by atoms with E-state index in [-0.39, 0.29) is 18.5 Å². The predicted octanol–water partition coefficient (Wildman–Crippen LogP) is 2.62. The van der Waals surface area contributed by atoms with Gasteiger partial charge in [0.25, 0.3) is 0 Å². The van der Waals surface area contributed by atoms with Crippen molar-refractivity contribution < 1.29 is 4.79 Å². The van der Waals surface area contributed by atoms with Crippen molar-refractivity contribution in [2.45, 2.75) is 32.7 Å². The molecule has 1 aliphatic heterocycles. The molecule has 2 N–H and O–H groups in total. The van der Waals surface area contributed by atoms with Crippen LogP contribution in [0.4, 0.5) is 11.5 Å². The van der Waals surface area contributed by atoms with Crippen LogP contribution in [0.5, 0.6) is 0 Å². The molecule has 1 atom stereocenters. The number of nitrogens with one attached hydrogen (secondary N) is 2. The molecule has 1 aliphatic rings. The lowest BCUT2D eigenvalue weighted by molar-refractivity contribution is -0.115. The Bertz CT molecular complexity index is 733. The molecule has 1 unspecified atom stereocenters. The minimum Gasteiger partial charge on any atom is -0.372 e. The lowest BCUT2D eigenvalue weighted by Gasteiger charge is -2.20. The molecule has 25 heavy (non-hydrogen) atoms. The van der Waals surface area contributed by atoms with Gasteiger partial charge in [-0.3, -0.25) is 9.48 Å². The maximum atomic E-state index is 12.2. The third-order valence-corrected chi connectivity index (χ3v) is 4.68. The van der Waals surface area contributed by atoms with Gasteiger partial charge in [-0.05, 0) is 44.4 Å². The first-order valence-electron chi connectivity index (χ1n) is 8.92. The van der Waals surface area contributed by atoms with Gasteiger partial charge in [0.15, 0.2) is 0 Å². The zero-order chi connectivity index (χ0) is 17.8. The topological polar surface area (TPSA) is 62.2 Å². The van der Waals surface area contributed by atoms with Crippen LogP contribution in [-0.2, 0) is 11.8 Å². The molecule has 0 saturated carbocycles. The van der Waals surface area contributed by atoms with Gasteiger partial charge < -0.3 is 15.5 Å². The first-order valence-corrected chi connectivity index (χ1v) is 8.92. The van der Waals surface area contributed by atoms with E-state index in [1.54, 1.807) is 4.68 Å². The highest BCUT2D eigenvalue weighted by Crippen LogP contribution is 2.23. The molecular formula is C19H27N5O. The summed E-state index contributed by atoms with van der Waals surface area (Å²) in [6.07, 6.45) is 2.54. The maximum absolute atomic E-state index is 12.2. The number of aryl methyl sites for hydroxylation is 2. The van der Waals surface area contributed by atoms with Gasteiger partial charge in [0.1, 0.15) is 5.82 Å². The van der Waals surface area contributed by atoms with E-state index in [9.17, 15) is 4.79 Å². The van der Waals surface area contributed by atoms with Crippen molar-refractivity contribution in [1.29, 1.82) is 0 Å². The fraction of sp³-hybridized carbons (Fsp3) is 0.474. The third kappa shape index (κ3) is 4.39. The van der Waals surface area contributed by atoms with Crippen LogP contribution in [0.25, 0.3) is 0 Å². The fourth-order valence-electron chi connectivity index (χ4n) is 3.24. The number of hydrogen-bond acceptors (Lipinski definition) is 4. The van der Waals surface area contributed by atoms with Crippen molar-refractivity contribution in [2.24, 2.45) is 7.05 Å². The number of rotatable bonds is 6. The van der Waals surface area contributed by atoms with Crippen molar-refractivity contribution in [2.75, 3.05) is 29.9 Å². The van der Waals surface area contributed by atoms with E-state index in [1.807, 2.05) is 20.0 Å². The first-order chi connectivity index (χ1) is 12.0. The standard InChI is InChI=1S/C19H27N5O/c1-14-11-18(23(3)22-14)21-19(25)13-20-15(2)16-7-6-8-17(12-16)24-9-4-5-10-24/h6-8,11-12,15,20H,4-5,9-10,13H2,1-3H3,(H,21,25). The average molecular weight is 341 g/mol. The SMILES string of the molecule is Cc1cc(NC(=O)CNC(C)c2cccc(N3CCCC3)c2)n(C)n1. The predicted molar refractivity (Wildman–Crippen MR) is 101 cm³/mol. The summed E-state index contributed by atoms with van der Waals surface area (Å²) in [4.78, 5) is 14.6. The molecule has 2 heterocycles. The zero-order valence-corrected chi connectivity index (χ0v) is 15.2. The van der Waals surface area contributed by atoms with Gasteiger partial charge in [0, 0.05) is 37.9 Å². The van der Waals surface area contributed by atoms with Crippen LogP contribution in [0.2, 0.25) is 0 Å². The lowest BCUT2D eigenvalue weighted by Crippen LogP contribution is -2.30. The van der Waals surface area contributed by atoms with Crippen molar-refractivity contribution in [3.63, 3.8) is 0 Å². The Morgan fingerprint density at radius 3 is 2.72 bits per heavy atom. The Kier molecular flexibility index (Phi) is 5.38. The molecule has 3 rings (SSSR count). The molecule has 1 amide bonds. The van der Waals surface area contributed by atoms with Crippen molar-refractivity contribution in [3.8, 4) is 0 Å². The molecule has 1 aromatic heterocycles. The van der Waals surface area contributed by atoms with E-state index in [2.05, 4.69) is 51.8 Å². The van der Waals surface area contributed by atoms with Gasteiger partial charge in [-0.2, -0.15) is 5.10 Å². The summed E-state index contributed by atoms with van der Waals surface area (Å²) in [5, 5.41) is 10.4. The van der Waals surface area contributed by atoms with Crippen LogP contribution < -0.4 is 15.5 Å². The Balaban J connectivity index is 1.55. The summed E-state index contributed by atoms with van der Waals surface area (Å²) >= 11 is 0. The Morgan fingerprint density at radius 1 is 1.28 bits per heavy atom. The summed E-state index contributed by atoms with van der Waals surface area (Å²) in [6, 6.07) is 10.6. The molecule has 2 aromatic rings. The molecule has 0 aliphatic carbocycles. The quantitative estimate of drug-likeness (QED) is 0.848. The van der Waals surface area contributed by atoms with E-state index in [0.29, 0.717) is 5.82 Å². The molecule has 1 fully saturated rings. The molecule has 0 bridgehead atoms. The highest BCUT2D eigenvalue weighted by molar-refractivity contribution is 5.91. The van der Waals surface area contributed by atoms with Gasteiger partial charge >= 0.3 is 0 Å². The Hall–Kier alpha value is -2.34. The van der Waals surface area contributed by atoms with Gasteiger partial charge in [-0.15, -0.1) is 0 Å². The summed E-state index contributed by atoms with van der Waals surface area (Å²) in [6.45, 7) is 6.53.